The quantitative estimate of drug-likeness (QED) is 0.306. The van der Waals surface area contributed by atoms with Gasteiger partial charge in [0, 0.05) is 28.1 Å². The molecule has 174 valence electrons. The molecule has 0 saturated carbocycles. The van der Waals surface area contributed by atoms with Gasteiger partial charge in [0.1, 0.15) is 17.1 Å². The van der Waals surface area contributed by atoms with E-state index in [0.717, 1.165) is 5.39 Å². The Kier molecular flexibility index (Phi) is 7.04. The SMILES string of the molecule is CCOc1cc(NC(=O)c2cc3cc(Cl)ccc3o2)c(OCC)cc1NC(=O)c1ccccc1. The molecule has 0 aliphatic heterocycles. The van der Waals surface area contributed by atoms with Crippen molar-refractivity contribution >= 4 is 45.8 Å². The molecule has 0 unspecified atom stereocenters. The molecule has 0 saturated heterocycles. The summed E-state index contributed by atoms with van der Waals surface area (Å²) in [5.41, 5.74) is 1.86. The highest BCUT2D eigenvalue weighted by Crippen LogP contribution is 2.37. The average molecular weight is 479 g/mol. The Labute approximate surface area is 201 Å². The molecule has 1 heterocycles. The summed E-state index contributed by atoms with van der Waals surface area (Å²) >= 11 is 6.03. The smallest absolute Gasteiger partial charge is 0.291 e. The van der Waals surface area contributed by atoms with Crippen molar-refractivity contribution in [2.45, 2.75) is 13.8 Å². The molecule has 0 bridgehead atoms. The number of rotatable bonds is 8. The Morgan fingerprint density at radius 3 is 2.06 bits per heavy atom. The lowest BCUT2D eigenvalue weighted by Crippen LogP contribution is -2.15. The van der Waals surface area contributed by atoms with E-state index in [1.807, 2.05) is 19.9 Å². The van der Waals surface area contributed by atoms with Crippen LogP contribution < -0.4 is 20.1 Å². The van der Waals surface area contributed by atoms with Crippen LogP contribution in [0.1, 0.15) is 34.8 Å². The lowest BCUT2D eigenvalue weighted by molar-refractivity contribution is 0.0995. The van der Waals surface area contributed by atoms with Crippen LogP contribution in [0.2, 0.25) is 5.02 Å². The van der Waals surface area contributed by atoms with E-state index in [-0.39, 0.29) is 11.7 Å². The lowest BCUT2D eigenvalue weighted by Gasteiger charge is -2.17. The Balaban J connectivity index is 1.64. The van der Waals surface area contributed by atoms with Crippen molar-refractivity contribution in [3.63, 3.8) is 0 Å². The van der Waals surface area contributed by atoms with Gasteiger partial charge in [0.25, 0.3) is 11.8 Å². The topological polar surface area (TPSA) is 89.8 Å². The van der Waals surface area contributed by atoms with Crippen LogP contribution in [0.3, 0.4) is 0 Å². The first-order valence-corrected chi connectivity index (χ1v) is 11.2. The van der Waals surface area contributed by atoms with E-state index < -0.39 is 5.91 Å². The summed E-state index contributed by atoms with van der Waals surface area (Å²) < 4.78 is 17.1. The van der Waals surface area contributed by atoms with E-state index in [9.17, 15) is 9.59 Å². The zero-order valence-electron chi connectivity index (χ0n) is 18.7. The molecular weight excluding hydrogens is 456 g/mol. The van der Waals surface area contributed by atoms with Crippen LogP contribution in [0.4, 0.5) is 11.4 Å². The van der Waals surface area contributed by atoms with Crippen molar-refractivity contribution in [3.8, 4) is 11.5 Å². The van der Waals surface area contributed by atoms with Crippen LogP contribution in [0.5, 0.6) is 11.5 Å². The zero-order valence-corrected chi connectivity index (χ0v) is 19.4. The summed E-state index contributed by atoms with van der Waals surface area (Å²) in [6.45, 7) is 4.37. The fourth-order valence-electron chi connectivity index (χ4n) is 3.40. The molecule has 4 aromatic rings. The third-order valence-corrected chi connectivity index (χ3v) is 5.15. The third-order valence-electron chi connectivity index (χ3n) is 4.92. The number of carbonyl (C=O) groups excluding carboxylic acids is 2. The Bertz CT molecular complexity index is 1330. The van der Waals surface area contributed by atoms with Crippen molar-refractivity contribution in [1.29, 1.82) is 0 Å². The van der Waals surface area contributed by atoms with Gasteiger partial charge in [0.15, 0.2) is 5.76 Å². The van der Waals surface area contributed by atoms with E-state index in [4.69, 9.17) is 25.5 Å². The van der Waals surface area contributed by atoms with Gasteiger partial charge in [0.05, 0.1) is 24.6 Å². The number of carbonyl (C=O) groups is 2. The number of halogens is 1. The van der Waals surface area contributed by atoms with Gasteiger partial charge in [-0.25, -0.2) is 0 Å². The first-order chi connectivity index (χ1) is 16.5. The molecule has 0 atom stereocenters. The van der Waals surface area contributed by atoms with Crippen LogP contribution in [-0.2, 0) is 0 Å². The fraction of sp³-hybridized carbons (Fsp3) is 0.154. The minimum Gasteiger partial charge on any atom is -0.492 e. The number of fused-ring (bicyclic) bond motifs is 1. The summed E-state index contributed by atoms with van der Waals surface area (Å²) in [5.74, 6) is 0.140. The van der Waals surface area contributed by atoms with Crippen LogP contribution in [0, 0.1) is 0 Å². The Morgan fingerprint density at radius 2 is 1.44 bits per heavy atom. The second kappa shape index (κ2) is 10.3. The summed E-state index contributed by atoms with van der Waals surface area (Å²) in [6.07, 6.45) is 0. The zero-order chi connectivity index (χ0) is 24.1. The molecule has 34 heavy (non-hydrogen) atoms. The molecule has 8 heteroatoms. The highest BCUT2D eigenvalue weighted by Gasteiger charge is 2.19. The molecule has 0 spiro atoms. The monoisotopic (exact) mass is 478 g/mol. The van der Waals surface area contributed by atoms with Gasteiger partial charge in [-0.1, -0.05) is 29.8 Å². The van der Waals surface area contributed by atoms with Crippen LogP contribution in [0.25, 0.3) is 11.0 Å². The molecule has 0 aliphatic rings. The highest BCUT2D eigenvalue weighted by molar-refractivity contribution is 6.31. The van der Waals surface area contributed by atoms with Gasteiger partial charge in [-0.2, -0.15) is 0 Å². The Hall–Kier alpha value is -3.97. The summed E-state index contributed by atoms with van der Waals surface area (Å²) in [5, 5.41) is 6.94. The molecule has 2 N–H and O–H groups in total. The number of amides is 2. The molecule has 0 aliphatic carbocycles. The third kappa shape index (κ3) is 5.15. The minimum atomic E-state index is -0.461. The predicted molar refractivity (Wildman–Crippen MR) is 132 cm³/mol. The molecule has 1 aromatic heterocycles. The van der Waals surface area contributed by atoms with E-state index in [2.05, 4.69) is 10.6 Å². The largest absolute Gasteiger partial charge is 0.492 e. The van der Waals surface area contributed by atoms with Crippen molar-refractivity contribution in [2.75, 3.05) is 23.8 Å². The highest BCUT2D eigenvalue weighted by atomic mass is 35.5. The van der Waals surface area contributed by atoms with E-state index in [1.54, 1.807) is 60.7 Å². The number of benzene rings is 3. The number of hydrogen-bond donors (Lipinski definition) is 2. The first-order valence-electron chi connectivity index (χ1n) is 10.8. The molecular formula is C26H23ClN2O5. The van der Waals surface area contributed by atoms with E-state index in [0.29, 0.717) is 52.3 Å². The summed E-state index contributed by atoms with van der Waals surface area (Å²) in [6, 6.07) is 18.8. The van der Waals surface area contributed by atoms with Gasteiger partial charge in [-0.3, -0.25) is 9.59 Å². The minimum absolute atomic E-state index is 0.124. The molecule has 0 radical (unpaired) electrons. The molecule has 7 nitrogen and oxygen atoms in total. The molecule has 0 fully saturated rings. The summed E-state index contributed by atoms with van der Waals surface area (Å²) in [7, 11) is 0. The van der Waals surface area contributed by atoms with Gasteiger partial charge in [-0.15, -0.1) is 0 Å². The lowest BCUT2D eigenvalue weighted by atomic mass is 10.2. The number of hydrogen-bond acceptors (Lipinski definition) is 5. The predicted octanol–water partition coefficient (Wildman–Crippen LogP) is 6.39. The normalized spacial score (nSPS) is 10.7. The second-order valence-corrected chi connectivity index (χ2v) is 7.71. The van der Waals surface area contributed by atoms with Crippen LogP contribution in [-0.4, -0.2) is 25.0 Å². The maximum Gasteiger partial charge on any atom is 0.291 e. The van der Waals surface area contributed by atoms with E-state index >= 15 is 0 Å². The fourth-order valence-corrected chi connectivity index (χ4v) is 3.58. The Morgan fingerprint density at radius 1 is 0.824 bits per heavy atom. The number of anilines is 2. The molecule has 4 rings (SSSR count). The summed E-state index contributed by atoms with van der Waals surface area (Å²) in [4.78, 5) is 25.6. The van der Waals surface area contributed by atoms with E-state index in [1.165, 1.54) is 0 Å². The van der Waals surface area contributed by atoms with Crippen LogP contribution in [0.15, 0.2) is 71.1 Å². The maximum absolute atomic E-state index is 12.9. The standard InChI is InChI=1S/C26H23ClN2O5/c1-3-32-22-15-20(29-26(31)24-13-17-12-18(27)10-11-21(17)34-24)23(33-4-2)14-19(22)28-25(30)16-8-6-5-7-9-16/h5-15H,3-4H2,1-2H3,(H,28,30)(H,29,31). The number of ether oxygens (including phenoxy) is 2. The number of furan rings is 1. The van der Waals surface area contributed by atoms with Crippen molar-refractivity contribution < 1.29 is 23.5 Å². The maximum atomic E-state index is 12.9. The first kappa shape index (κ1) is 23.2. The average Bonchev–Trinajstić information content (AvgIpc) is 3.26. The van der Waals surface area contributed by atoms with Gasteiger partial charge in [-0.05, 0) is 50.2 Å². The number of nitrogens with one attached hydrogen (secondary N) is 2. The molecule has 2 amide bonds. The second-order valence-electron chi connectivity index (χ2n) is 7.28. The van der Waals surface area contributed by atoms with Gasteiger partial charge >= 0.3 is 0 Å². The van der Waals surface area contributed by atoms with Gasteiger partial charge in [0.2, 0.25) is 0 Å². The van der Waals surface area contributed by atoms with Crippen molar-refractivity contribution in [1.82, 2.24) is 0 Å². The van der Waals surface area contributed by atoms with Crippen LogP contribution >= 0.6 is 11.6 Å². The van der Waals surface area contributed by atoms with Crippen molar-refractivity contribution in [3.05, 3.63) is 83.1 Å². The van der Waals surface area contributed by atoms with Gasteiger partial charge < -0.3 is 24.5 Å². The van der Waals surface area contributed by atoms with Crippen molar-refractivity contribution in [2.24, 2.45) is 0 Å². The molecule has 3 aromatic carbocycles.